The number of carbonyl (C=O) groups is 3. The molecule has 8 heteroatoms. The first-order valence-electron chi connectivity index (χ1n) is 20.1. The summed E-state index contributed by atoms with van der Waals surface area (Å²) in [5.41, 5.74) is 3.27. The van der Waals surface area contributed by atoms with Gasteiger partial charge in [0.1, 0.15) is 23.0 Å². The Balaban J connectivity index is 0.983. The third kappa shape index (κ3) is 14.1. The normalized spacial score (nSPS) is 10.7. The van der Waals surface area contributed by atoms with Gasteiger partial charge >= 0.3 is 17.9 Å². The summed E-state index contributed by atoms with van der Waals surface area (Å²) in [5, 5.41) is 8.92. The van der Waals surface area contributed by atoms with Crippen molar-refractivity contribution in [2.75, 3.05) is 6.61 Å². The molecule has 8 nitrogen and oxygen atoms in total. The lowest BCUT2D eigenvalue weighted by Crippen LogP contribution is -2.10. The molecule has 5 aromatic carbocycles. The molecule has 0 N–H and O–H groups in total. The Morgan fingerprint density at radius 1 is 0.421 bits per heavy atom. The Bertz CT molecular complexity index is 2030. The van der Waals surface area contributed by atoms with Crippen molar-refractivity contribution in [3.05, 3.63) is 144 Å². The zero-order valence-corrected chi connectivity index (χ0v) is 32.8. The van der Waals surface area contributed by atoms with Crippen LogP contribution in [0, 0.1) is 11.3 Å². The van der Waals surface area contributed by atoms with E-state index in [-0.39, 0.29) is 11.3 Å². The molecule has 0 fully saturated rings. The van der Waals surface area contributed by atoms with Crippen LogP contribution < -0.4 is 18.9 Å². The fourth-order valence-electron chi connectivity index (χ4n) is 6.27. The predicted octanol–water partition coefficient (Wildman–Crippen LogP) is 12.4. The fourth-order valence-corrected chi connectivity index (χ4v) is 6.27. The first-order chi connectivity index (χ1) is 27.9. The minimum absolute atomic E-state index is 0.272. The van der Waals surface area contributed by atoms with Crippen LogP contribution in [0.1, 0.15) is 127 Å². The highest BCUT2D eigenvalue weighted by molar-refractivity contribution is 5.93. The number of benzene rings is 5. The van der Waals surface area contributed by atoms with Crippen LogP contribution in [0.25, 0.3) is 11.1 Å². The van der Waals surface area contributed by atoms with Gasteiger partial charge in [0, 0.05) is 0 Å². The third-order valence-corrected chi connectivity index (χ3v) is 9.62. The number of carbonyl (C=O) groups excluding carboxylic acids is 3. The SMILES string of the molecule is CCCCCCCCCCCCCCCOc1ccc(C(=O)Oc2ccc(-c3ccc(C(=O)Oc4ccc(C(=O)Oc5ccc(C#N)cc5)cc4)cc3)cc2)cc1. The van der Waals surface area contributed by atoms with Gasteiger partial charge in [0.15, 0.2) is 0 Å². The maximum atomic E-state index is 12.8. The summed E-state index contributed by atoms with van der Waals surface area (Å²) < 4.78 is 22.3. The molecule has 5 aromatic rings. The number of rotatable bonds is 22. The summed E-state index contributed by atoms with van der Waals surface area (Å²) in [5.74, 6) is 0.163. The molecule has 0 amide bonds. The lowest BCUT2D eigenvalue weighted by Gasteiger charge is -2.09. The van der Waals surface area contributed by atoms with E-state index in [0.717, 1.165) is 23.3 Å². The minimum Gasteiger partial charge on any atom is -0.494 e. The molecule has 294 valence electrons. The van der Waals surface area contributed by atoms with Crippen molar-refractivity contribution in [1.82, 2.24) is 0 Å². The number of hydrogen-bond acceptors (Lipinski definition) is 8. The van der Waals surface area contributed by atoms with Gasteiger partial charge in [0.25, 0.3) is 0 Å². The average molecular weight is 766 g/mol. The first kappa shape index (κ1) is 42.0. The van der Waals surface area contributed by atoms with Crippen molar-refractivity contribution < 1.29 is 33.3 Å². The molecule has 57 heavy (non-hydrogen) atoms. The molecule has 0 heterocycles. The molecule has 0 aromatic heterocycles. The maximum absolute atomic E-state index is 12.8. The number of nitriles is 1. The second-order valence-electron chi connectivity index (χ2n) is 14.0. The quantitative estimate of drug-likeness (QED) is 0.0389. The predicted molar refractivity (Wildman–Crippen MR) is 222 cm³/mol. The van der Waals surface area contributed by atoms with E-state index in [4.69, 9.17) is 24.2 Å². The number of nitrogens with zero attached hydrogens (tertiary/aromatic N) is 1. The molecule has 0 saturated carbocycles. The number of ether oxygens (including phenoxy) is 4. The van der Waals surface area contributed by atoms with E-state index in [1.807, 2.05) is 30.3 Å². The van der Waals surface area contributed by atoms with E-state index in [0.29, 0.717) is 34.8 Å². The average Bonchev–Trinajstić information content (AvgIpc) is 3.25. The summed E-state index contributed by atoms with van der Waals surface area (Å²) >= 11 is 0. The van der Waals surface area contributed by atoms with Gasteiger partial charge in [-0.15, -0.1) is 0 Å². The first-order valence-corrected chi connectivity index (χ1v) is 20.1. The molecule has 0 unspecified atom stereocenters. The largest absolute Gasteiger partial charge is 0.494 e. The van der Waals surface area contributed by atoms with Crippen molar-refractivity contribution in [3.8, 4) is 40.2 Å². The molecule has 0 spiro atoms. The van der Waals surface area contributed by atoms with Crippen LogP contribution in [0.4, 0.5) is 0 Å². The second kappa shape index (κ2) is 23.0. The smallest absolute Gasteiger partial charge is 0.343 e. The highest BCUT2D eigenvalue weighted by Crippen LogP contribution is 2.25. The molecular weight excluding hydrogens is 715 g/mol. The molecule has 0 aliphatic heterocycles. The van der Waals surface area contributed by atoms with Gasteiger partial charge in [-0.25, -0.2) is 14.4 Å². The third-order valence-electron chi connectivity index (χ3n) is 9.62. The van der Waals surface area contributed by atoms with Crippen LogP contribution in [0.15, 0.2) is 121 Å². The summed E-state index contributed by atoms with van der Waals surface area (Å²) in [4.78, 5) is 38.1. The topological polar surface area (TPSA) is 112 Å². The Kier molecular flexibility index (Phi) is 16.9. The van der Waals surface area contributed by atoms with Crippen LogP contribution in [0.3, 0.4) is 0 Å². The van der Waals surface area contributed by atoms with Crippen molar-refractivity contribution >= 4 is 17.9 Å². The zero-order chi connectivity index (χ0) is 40.1. The lowest BCUT2D eigenvalue weighted by atomic mass is 10.0. The van der Waals surface area contributed by atoms with Gasteiger partial charge in [0.05, 0.1) is 34.9 Å². The molecule has 5 rings (SSSR count). The van der Waals surface area contributed by atoms with E-state index in [9.17, 15) is 14.4 Å². The zero-order valence-electron chi connectivity index (χ0n) is 32.8. The van der Waals surface area contributed by atoms with Crippen molar-refractivity contribution in [3.63, 3.8) is 0 Å². The standard InChI is InChI=1S/C49H51NO7/c1-2-3-4-5-6-7-8-9-10-11-12-13-14-35-54-43-29-23-41(24-30-43)48(52)56-45-31-21-39(22-32-45)38-17-19-40(20-18-38)47(51)57-46-33-25-42(26-34-46)49(53)55-44-27-15-37(36-50)16-28-44/h15-34H,2-14,35H2,1H3. The molecule has 0 bridgehead atoms. The van der Waals surface area contributed by atoms with E-state index in [1.54, 1.807) is 72.8 Å². The highest BCUT2D eigenvalue weighted by atomic mass is 16.5. The Labute approximate surface area is 336 Å². The van der Waals surface area contributed by atoms with E-state index >= 15 is 0 Å². The van der Waals surface area contributed by atoms with E-state index in [2.05, 4.69) is 6.92 Å². The van der Waals surface area contributed by atoms with Crippen LogP contribution in [0.5, 0.6) is 23.0 Å². The van der Waals surface area contributed by atoms with Crippen LogP contribution in [-0.2, 0) is 0 Å². The lowest BCUT2D eigenvalue weighted by molar-refractivity contribution is 0.0723. The van der Waals surface area contributed by atoms with Crippen LogP contribution in [-0.4, -0.2) is 24.5 Å². The summed E-state index contributed by atoms with van der Waals surface area (Å²) in [6.07, 6.45) is 17.1. The molecule has 0 aliphatic rings. The summed E-state index contributed by atoms with van der Waals surface area (Å²) in [6.45, 7) is 2.93. The fraction of sp³-hybridized carbons (Fsp3) is 0.306. The molecule has 0 saturated heterocycles. The summed E-state index contributed by atoms with van der Waals surface area (Å²) in [6, 6.07) is 35.4. The minimum atomic E-state index is -0.579. The molecule has 0 aliphatic carbocycles. The second-order valence-corrected chi connectivity index (χ2v) is 14.0. The van der Waals surface area contributed by atoms with Gasteiger partial charge in [-0.3, -0.25) is 0 Å². The molecule has 0 radical (unpaired) electrons. The number of unbranched alkanes of at least 4 members (excludes halogenated alkanes) is 12. The van der Waals surface area contributed by atoms with Crippen molar-refractivity contribution in [2.45, 2.75) is 90.4 Å². The van der Waals surface area contributed by atoms with E-state index in [1.165, 1.54) is 101 Å². The monoisotopic (exact) mass is 765 g/mol. The number of esters is 3. The molecule has 0 atom stereocenters. The van der Waals surface area contributed by atoms with Gasteiger partial charge in [-0.1, -0.05) is 108 Å². The summed E-state index contributed by atoms with van der Waals surface area (Å²) in [7, 11) is 0. The van der Waals surface area contributed by atoms with Crippen molar-refractivity contribution in [2.24, 2.45) is 0 Å². The maximum Gasteiger partial charge on any atom is 0.343 e. The van der Waals surface area contributed by atoms with E-state index < -0.39 is 17.9 Å². The Morgan fingerprint density at radius 2 is 0.737 bits per heavy atom. The van der Waals surface area contributed by atoms with Gasteiger partial charge in [-0.2, -0.15) is 5.26 Å². The highest BCUT2D eigenvalue weighted by Gasteiger charge is 2.13. The van der Waals surface area contributed by atoms with Gasteiger partial charge in [-0.05, 0) is 115 Å². The van der Waals surface area contributed by atoms with Crippen LogP contribution in [0.2, 0.25) is 0 Å². The van der Waals surface area contributed by atoms with Crippen LogP contribution >= 0.6 is 0 Å². The Morgan fingerprint density at radius 3 is 1.14 bits per heavy atom. The van der Waals surface area contributed by atoms with Gasteiger partial charge < -0.3 is 18.9 Å². The number of hydrogen-bond donors (Lipinski definition) is 0. The van der Waals surface area contributed by atoms with Crippen molar-refractivity contribution in [1.29, 1.82) is 5.26 Å². The van der Waals surface area contributed by atoms with Gasteiger partial charge in [0.2, 0.25) is 0 Å². The Hall–Kier alpha value is -6.20. The molecular formula is C49H51NO7.